The summed E-state index contributed by atoms with van der Waals surface area (Å²) in [6.45, 7) is 5.76. The summed E-state index contributed by atoms with van der Waals surface area (Å²) < 4.78 is 11.1. The lowest BCUT2D eigenvalue weighted by molar-refractivity contribution is 0.103. The summed E-state index contributed by atoms with van der Waals surface area (Å²) in [6, 6.07) is 8.27. The molecule has 1 fully saturated rings. The number of methoxy groups -OCH3 is 1. The van der Waals surface area contributed by atoms with Crippen LogP contribution in [0, 0.1) is 5.92 Å². The molecular weight excluding hydrogens is 252 g/mol. The first-order valence-electron chi connectivity index (χ1n) is 7.44. The van der Waals surface area contributed by atoms with E-state index in [1.165, 1.54) is 12.8 Å². The van der Waals surface area contributed by atoms with Crippen molar-refractivity contribution < 1.29 is 9.47 Å². The van der Waals surface area contributed by atoms with Gasteiger partial charge in [0.1, 0.15) is 6.61 Å². The number of ether oxygens (including phenoxy) is 2. The quantitative estimate of drug-likeness (QED) is 0.866. The zero-order valence-electron chi connectivity index (χ0n) is 12.5. The van der Waals surface area contributed by atoms with E-state index in [-0.39, 0.29) is 0 Å². The first-order chi connectivity index (χ1) is 9.74. The van der Waals surface area contributed by atoms with Crippen molar-refractivity contribution in [3.63, 3.8) is 0 Å². The van der Waals surface area contributed by atoms with Gasteiger partial charge in [0.25, 0.3) is 0 Å². The molecule has 20 heavy (non-hydrogen) atoms. The first-order valence-corrected chi connectivity index (χ1v) is 7.44. The predicted octanol–water partition coefficient (Wildman–Crippen LogP) is 2.13. The van der Waals surface area contributed by atoms with Crippen molar-refractivity contribution in [3.05, 3.63) is 24.3 Å². The highest BCUT2D eigenvalue weighted by Crippen LogP contribution is 2.26. The molecule has 2 unspecified atom stereocenters. The van der Waals surface area contributed by atoms with Crippen molar-refractivity contribution in [2.75, 3.05) is 33.4 Å². The molecule has 2 atom stereocenters. The van der Waals surface area contributed by atoms with Crippen LogP contribution in [0.25, 0.3) is 0 Å². The molecule has 2 N–H and O–H groups in total. The van der Waals surface area contributed by atoms with Crippen LogP contribution in [0.15, 0.2) is 24.3 Å². The van der Waals surface area contributed by atoms with Crippen molar-refractivity contribution in [3.8, 4) is 11.5 Å². The van der Waals surface area contributed by atoms with E-state index in [0.717, 1.165) is 37.1 Å². The zero-order valence-corrected chi connectivity index (χ0v) is 12.5. The largest absolute Gasteiger partial charge is 0.493 e. The van der Waals surface area contributed by atoms with Gasteiger partial charge in [0.15, 0.2) is 11.5 Å². The molecule has 112 valence electrons. The topological polar surface area (TPSA) is 47.7 Å². The molecule has 1 aliphatic heterocycles. The number of benzene rings is 1. The van der Waals surface area contributed by atoms with Gasteiger partial charge < -0.3 is 15.2 Å². The molecule has 2 rings (SSSR count). The summed E-state index contributed by atoms with van der Waals surface area (Å²) in [6.07, 6.45) is 2.45. The smallest absolute Gasteiger partial charge is 0.161 e. The van der Waals surface area contributed by atoms with Gasteiger partial charge in [-0.2, -0.15) is 0 Å². The Morgan fingerprint density at radius 2 is 2.05 bits per heavy atom. The number of hydrogen-bond acceptors (Lipinski definition) is 4. The van der Waals surface area contributed by atoms with Gasteiger partial charge in [-0.3, -0.25) is 4.90 Å². The molecule has 0 amide bonds. The van der Waals surface area contributed by atoms with E-state index in [1.807, 2.05) is 24.3 Å². The Kier molecular flexibility index (Phi) is 5.68. The van der Waals surface area contributed by atoms with Gasteiger partial charge in [0.2, 0.25) is 0 Å². The van der Waals surface area contributed by atoms with Crippen molar-refractivity contribution >= 4 is 0 Å². The number of para-hydroxylation sites is 2. The molecule has 4 nitrogen and oxygen atoms in total. The summed E-state index contributed by atoms with van der Waals surface area (Å²) in [5.41, 5.74) is 5.88. The van der Waals surface area contributed by atoms with Gasteiger partial charge in [0, 0.05) is 19.1 Å². The van der Waals surface area contributed by atoms with Gasteiger partial charge in [0.05, 0.1) is 7.11 Å². The van der Waals surface area contributed by atoms with E-state index in [0.29, 0.717) is 12.6 Å². The number of rotatable bonds is 6. The first kappa shape index (κ1) is 15.1. The van der Waals surface area contributed by atoms with Crippen LogP contribution >= 0.6 is 0 Å². The average Bonchev–Trinajstić information content (AvgIpc) is 2.49. The van der Waals surface area contributed by atoms with Crippen LogP contribution in [0.4, 0.5) is 0 Å². The number of piperidine rings is 1. The highest BCUT2D eigenvalue weighted by Gasteiger charge is 2.24. The van der Waals surface area contributed by atoms with E-state index in [9.17, 15) is 0 Å². The Hall–Kier alpha value is -1.26. The maximum absolute atomic E-state index is 5.88. The number of likely N-dealkylation sites (tertiary alicyclic amines) is 1. The van der Waals surface area contributed by atoms with Gasteiger partial charge in [-0.15, -0.1) is 0 Å². The fourth-order valence-corrected chi connectivity index (χ4v) is 2.85. The Balaban J connectivity index is 1.83. The standard InChI is InChI=1S/C16H26N2O2/c1-13-7-8-18(14(11-13)12-17)9-10-20-16-6-4-3-5-15(16)19-2/h3-6,13-14H,7-12,17H2,1-2H3. The average molecular weight is 278 g/mol. The Bertz CT molecular complexity index is 411. The fraction of sp³-hybridized carbons (Fsp3) is 0.625. The third-order valence-electron chi connectivity index (χ3n) is 4.08. The SMILES string of the molecule is COc1ccccc1OCCN1CCC(C)CC1CN. The summed E-state index contributed by atoms with van der Waals surface area (Å²) >= 11 is 0. The van der Waals surface area contributed by atoms with Crippen LogP contribution in [0.5, 0.6) is 11.5 Å². The molecule has 0 saturated carbocycles. The van der Waals surface area contributed by atoms with Crippen LogP contribution < -0.4 is 15.2 Å². The van der Waals surface area contributed by atoms with Crippen LogP contribution in [0.1, 0.15) is 19.8 Å². The van der Waals surface area contributed by atoms with Crippen LogP contribution in [-0.2, 0) is 0 Å². The predicted molar refractivity (Wildman–Crippen MR) is 81.3 cm³/mol. The van der Waals surface area contributed by atoms with Crippen molar-refractivity contribution in [2.45, 2.75) is 25.8 Å². The Morgan fingerprint density at radius 1 is 1.30 bits per heavy atom. The minimum atomic E-state index is 0.500. The van der Waals surface area contributed by atoms with Crippen LogP contribution in [0.2, 0.25) is 0 Å². The third kappa shape index (κ3) is 3.87. The minimum Gasteiger partial charge on any atom is -0.493 e. The van der Waals surface area contributed by atoms with E-state index < -0.39 is 0 Å². The molecule has 1 heterocycles. The summed E-state index contributed by atoms with van der Waals surface area (Å²) in [5.74, 6) is 2.38. The number of hydrogen-bond donors (Lipinski definition) is 1. The zero-order chi connectivity index (χ0) is 14.4. The van der Waals surface area contributed by atoms with Gasteiger partial charge in [-0.25, -0.2) is 0 Å². The maximum Gasteiger partial charge on any atom is 0.161 e. The highest BCUT2D eigenvalue weighted by molar-refractivity contribution is 5.39. The molecule has 1 aromatic rings. The lowest BCUT2D eigenvalue weighted by Gasteiger charge is -2.37. The Labute approximate surface area is 121 Å². The van der Waals surface area contributed by atoms with Gasteiger partial charge >= 0.3 is 0 Å². The third-order valence-corrected chi connectivity index (χ3v) is 4.08. The van der Waals surface area contributed by atoms with Crippen LogP contribution in [-0.4, -0.2) is 44.3 Å². The van der Waals surface area contributed by atoms with Crippen molar-refractivity contribution in [2.24, 2.45) is 11.7 Å². The number of nitrogens with zero attached hydrogens (tertiary/aromatic N) is 1. The normalized spacial score (nSPS) is 23.6. The second kappa shape index (κ2) is 7.50. The fourth-order valence-electron chi connectivity index (χ4n) is 2.85. The molecule has 1 aliphatic rings. The minimum absolute atomic E-state index is 0.500. The lowest BCUT2D eigenvalue weighted by Crippen LogP contribution is -2.47. The molecule has 0 spiro atoms. The van der Waals surface area contributed by atoms with Gasteiger partial charge in [-0.1, -0.05) is 19.1 Å². The molecule has 0 aromatic heterocycles. The van der Waals surface area contributed by atoms with E-state index in [4.69, 9.17) is 15.2 Å². The molecule has 0 bridgehead atoms. The molecule has 4 heteroatoms. The molecule has 1 saturated heterocycles. The number of nitrogens with two attached hydrogens (primary N) is 1. The van der Waals surface area contributed by atoms with E-state index in [1.54, 1.807) is 7.11 Å². The molecule has 0 radical (unpaired) electrons. The highest BCUT2D eigenvalue weighted by atomic mass is 16.5. The van der Waals surface area contributed by atoms with Gasteiger partial charge in [-0.05, 0) is 37.4 Å². The summed E-state index contributed by atoms with van der Waals surface area (Å²) in [4.78, 5) is 2.45. The summed E-state index contributed by atoms with van der Waals surface area (Å²) in [5, 5.41) is 0. The van der Waals surface area contributed by atoms with Crippen molar-refractivity contribution in [1.82, 2.24) is 4.90 Å². The lowest BCUT2D eigenvalue weighted by atomic mass is 9.92. The second-order valence-corrected chi connectivity index (χ2v) is 5.55. The molecule has 1 aromatic carbocycles. The molecule has 0 aliphatic carbocycles. The van der Waals surface area contributed by atoms with Crippen molar-refractivity contribution in [1.29, 1.82) is 0 Å². The molecular formula is C16H26N2O2. The maximum atomic E-state index is 5.88. The summed E-state index contributed by atoms with van der Waals surface area (Å²) in [7, 11) is 1.67. The second-order valence-electron chi connectivity index (χ2n) is 5.55. The monoisotopic (exact) mass is 278 g/mol. The van der Waals surface area contributed by atoms with Crippen LogP contribution in [0.3, 0.4) is 0 Å². The van der Waals surface area contributed by atoms with E-state index >= 15 is 0 Å². The van der Waals surface area contributed by atoms with E-state index in [2.05, 4.69) is 11.8 Å². The Morgan fingerprint density at radius 3 is 2.75 bits per heavy atom.